The maximum absolute atomic E-state index is 12.1. The number of esters is 1. The molecule has 0 aliphatic carbocycles. The highest BCUT2D eigenvalue weighted by molar-refractivity contribution is 6.74. The van der Waals surface area contributed by atoms with E-state index in [2.05, 4.69) is 45.7 Å². The van der Waals surface area contributed by atoms with Crippen molar-refractivity contribution in [3.05, 3.63) is 83.4 Å². The number of benzene rings is 3. The van der Waals surface area contributed by atoms with Gasteiger partial charge in [0.05, 0.1) is 20.8 Å². The largest absolute Gasteiger partial charge is 0.493 e. The average Bonchev–Trinajstić information content (AvgIpc) is 2.89. The lowest BCUT2D eigenvalue weighted by molar-refractivity contribution is -0.144. The molecule has 0 aromatic heterocycles. The molecule has 0 radical (unpaired) electrons. The van der Waals surface area contributed by atoms with Crippen LogP contribution in [0.25, 0.3) is 11.1 Å². The van der Waals surface area contributed by atoms with Crippen molar-refractivity contribution < 1.29 is 23.4 Å². The summed E-state index contributed by atoms with van der Waals surface area (Å²) < 4.78 is 23.6. The molecule has 1 unspecified atom stereocenters. The average molecular weight is 531 g/mol. The molecule has 0 bridgehead atoms. The summed E-state index contributed by atoms with van der Waals surface area (Å²) >= 11 is 0. The van der Waals surface area contributed by atoms with Crippen LogP contribution in [-0.4, -0.2) is 28.5 Å². The zero-order chi connectivity index (χ0) is 27.9. The number of ether oxygens (including phenoxy) is 3. The molecule has 0 spiro atoms. The number of hydrogen-bond acceptors (Lipinski definition) is 5. The van der Waals surface area contributed by atoms with E-state index in [-0.39, 0.29) is 5.04 Å². The Labute approximate surface area is 228 Å². The number of rotatable bonds is 8. The van der Waals surface area contributed by atoms with Gasteiger partial charge in [0.25, 0.3) is 0 Å². The normalized spacial score (nSPS) is 12.2. The quantitative estimate of drug-likeness (QED) is 0.171. The second kappa shape index (κ2) is 12.3. The summed E-state index contributed by atoms with van der Waals surface area (Å²) in [5.74, 6) is 7.15. The van der Waals surface area contributed by atoms with Gasteiger partial charge in [-0.2, -0.15) is 0 Å². The van der Waals surface area contributed by atoms with Gasteiger partial charge in [-0.3, -0.25) is 4.79 Å². The summed E-state index contributed by atoms with van der Waals surface area (Å²) in [5.41, 5.74) is 4.38. The molecule has 0 heterocycles. The first-order valence-corrected chi connectivity index (χ1v) is 15.6. The zero-order valence-corrected chi connectivity index (χ0v) is 24.7. The fraction of sp³-hybridized carbons (Fsp3) is 0.344. The first-order chi connectivity index (χ1) is 18.0. The fourth-order valence-corrected chi connectivity index (χ4v) is 4.69. The highest BCUT2D eigenvalue weighted by atomic mass is 28.4. The van der Waals surface area contributed by atoms with Gasteiger partial charge in [-0.05, 0) is 65.0 Å². The van der Waals surface area contributed by atoms with Gasteiger partial charge < -0.3 is 18.6 Å². The number of hydrogen-bond donors (Lipinski definition) is 0. The summed E-state index contributed by atoms with van der Waals surface area (Å²) in [6, 6.07) is 21.4. The smallest absolute Gasteiger partial charge is 0.304 e. The van der Waals surface area contributed by atoms with Crippen molar-refractivity contribution in [3.8, 4) is 34.5 Å². The number of carbonyl (C=O) groups is 1. The van der Waals surface area contributed by atoms with Crippen LogP contribution < -0.4 is 9.47 Å². The van der Waals surface area contributed by atoms with E-state index >= 15 is 0 Å². The molecule has 3 rings (SSSR count). The van der Waals surface area contributed by atoms with Gasteiger partial charge in [0.1, 0.15) is 0 Å². The Morgan fingerprint density at radius 2 is 1.50 bits per heavy atom. The Balaban J connectivity index is 2.16. The fourth-order valence-electron chi connectivity index (χ4n) is 3.74. The van der Waals surface area contributed by atoms with Crippen LogP contribution >= 0.6 is 0 Å². The predicted octanol–water partition coefficient (Wildman–Crippen LogP) is 7.55. The Morgan fingerprint density at radius 1 is 0.895 bits per heavy atom. The van der Waals surface area contributed by atoms with Crippen molar-refractivity contribution in [2.24, 2.45) is 0 Å². The molecule has 38 heavy (non-hydrogen) atoms. The topological polar surface area (TPSA) is 54.0 Å². The summed E-state index contributed by atoms with van der Waals surface area (Å²) in [5, 5.41) is 0.0646. The SMILES string of the molecule is COc1cc(CO[Si](C)(C)C(C)(C)C)c(-c2ccccc2C(C#Cc2ccccc2)OC(C)=O)cc1OC. The third kappa shape index (κ3) is 7.06. The van der Waals surface area contributed by atoms with Gasteiger partial charge in [-0.15, -0.1) is 0 Å². The first-order valence-electron chi connectivity index (χ1n) is 12.7. The summed E-state index contributed by atoms with van der Waals surface area (Å²) in [4.78, 5) is 12.1. The van der Waals surface area contributed by atoms with Gasteiger partial charge in [-0.1, -0.05) is 69.2 Å². The van der Waals surface area contributed by atoms with Gasteiger partial charge in [0, 0.05) is 18.1 Å². The number of methoxy groups -OCH3 is 2. The van der Waals surface area contributed by atoms with Crippen molar-refractivity contribution in [1.29, 1.82) is 0 Å². The van der Waals surface area contributed by atoms with E-state index in [4.69, 9.17) is 18.6 Å². The molecule has 0 amide bonds. The minimum Gasteiger partial charge on any atom is -0.493 e. The third-order valence-corrected chi connectivity index (χ3v) is 11.4. The van der Waals surface area contributed by atoms with Crippen molar-refractivity contribution in [3.63, 3.8) is 0 Å². The van der Waals surface area contributed by atoms with Crippen LogP contribution in [0.1, 0.15) is 50.5 Å². The first kappa shape index (κ1) is 29.0. The monoisotopic (exact) mass is 530 g/mol. The molecule has 0 aliphatic heterocycles. The Bertz CT molecular complexity index is 1310. The van der Waals surface area contributed by atoms with E-state index in [1.807, 2.05) is 66.7 Å². The van der Waals surface area contributed by atoms with Crippen LogP contribution in [0.2, 0.25) is 18.1 Å². The lowest BCUT2D eigenvalue weighted by Crippen LogP contribution is -2.40. The molecular weight excluding hydrogens is 492 g/mol. The zero-order valence-electron chi connectivity index (χ0n) is 23.7. The van der Waals surface area contributed by atoms with E-state index in [1.165, 1.54) is 6.92 Å². The molecule has 0 saturated heterocycles. The molecule has 5 nitrogen and oxygen atoms in total. The molecule has 3 aromatic rings. The summed E-state index contributed by atoms with van der Waals surface area (Å²) in [6.45, 7) is 12.9. The van der Waals surface area contributed by atoms with Crippen LogP contribution in [0.15, 0.2) is 66.7 Å². The Kier molecular flexibility index (Phi) is 9.43. The molecule has 0 saturated carbocycles. The summed E-state index contributed by atoms with van der Waals surface area (Å²) in [7, 11) is 1.21. The third-order valence-electron chi connectivity index (χ3n) is 6.94. The molecule has 1 atom stereocenters. The van der Waals surface area contributed by atoms with Crippen molar-refractivity contribution >= 4 is 14.3 Å². The standard InChI is InChI=1S/C32H38O5Si/c1-23(33)37-29(19-18-24-14-10-9-11-15-24)27-17-13-12-16-26(27)28-21-31(35-6)30(34-5)20-25(28)22-36-38(7,8)32(2,3)4/h9-17,20-21,29H,22H2,1-8H3. The highest BCUT2D eigenvalue weighted by Crippen LogP contribution is 2.41. The minimum absolute atomic E-state index is 0.0646. The molecule has 0 fully saturated rings. The van der Waals surface area contributed by atoms with Crippen LogP contribution in [0, 0.1) is 11.8 Å². The Morgan fingerprint density at radius 3 is 2.11 bits per heavy atom. The van der Waals surface area contributed by atoms with E-state index in [0.29, 0.717) is 18.1 Å². The molecular formula is C32H38O5Si. The van der Waals surface area contributed by atoms with Gasteiger partial charge in [0.2, 0.25) is 0 Å². The van der Waals surface area contributed by atoms with Crippen molar-refractivity contribution in [1.82, 2.24) is 0 Å². The van der Waals surface area contributed by atoms with E-state index in [9.17, 15) is 4.79 Å². The van der Waals surface area contributed by atoms with Crippen LogP contribution in [0.5, 0.6) is 11.5 Å². The van der Waals surface area contributed by atoms with E-state index in [0.717, 1.165) is 27.8 Å². The van der Waals surface area contributed by atoms with Crippen LogP contribution in [-0.2, 0) is 20.6 Å². The second-order valence-electron chi connectivity index (χ2n) is 10.6. The van der Waals surface area contributed by atoms with E-state index in [1.54, 1.807) is 14.2 Å². The van der Waals surface area contributed by atoms with Crippen molar-refractivity contribution in [2.45, 2.75) is 58.5 Å². The maximum atomic E-state index is 12.1. The van der Waals surface area contributed by atoms with Crippen LogP contribution in [0.4, 0.5) is 0 Å². The summed E-state index contributed by atoms with van der Waals surface area (Å²) in [6.07, 6.45) is -0.758. The highest BCUT2D eigenvalue weighted by Gasteiger charge is 2.37. The number of carbonyl (C=O) groups excluding carboxylic acids is 1. The van der Waals surface area contributed by atoms with Crippen molar-refractivity contribution in [2.75, 3.05) is 14.2 Å². The van der Waals surface area contributed by atoms with Gasteiger partial charge in [0.15, 0.2) is 25.9 Å². The maximum Gasteiger partial charge on any atom is 0.304 e. The van der Waals surface area contributed by atoms with Gasteiger partial charge >= 0.3 is 5.97 Å². The lowest BCUT2D eigenvalue weighted by Gasteiger charge is -2.36. The molecule has 0 aliphatic rings. The second-order valence-corrected chi connectivity index (χ2v) is 15.4. The molecule has 3 aromatic carbocycles. The minimum atomic E-state index is -2.03. The molecule has 200 valence electrons. The van der Waals surface area contributed by atoms with E-state index < -0.39 is 20.4 Å². The predicted molar refractivity (Wildman–Crippen MR) is 155 cm³/mol. The molecule has 6 heteroatoms. The lowest BCUT2D eigenvalue weighted by atomic mass is 9.92. The Hall–Kier alpha value is -3.53. The van der Waals surface area contributed by atoms with Crippen LogP contribution in [0.3, 0.4) is 0 Å². The van der Waals surface area contributed by atoms with Gasteiger partial charge in [-0.25, -0.2) is 0 Å². The molecule has 0 N–H and O–H groups in total.